The zero-order valence-corrected chi connectivity index (χ0v) is 17.0. The first-order chi connectivity index (χ1) is 13.5. The average molecular weight is 395 g/mol. The number of carbonyl (C=O) groups is 1. The summed E-state index contributed by atoms with van der Waals surface area (Å²) in [6.07, 6.45) is 0. The largest absolute Gasteiger partial charge is 0.481 e. The number of hydrogen-bond donors (Lipinski definition) is 1. The second kappa shape index (κ2) is 8.75. The minimum Gasteiger partial charge on any atom is -0.481 e. The quantitative estimate of drug-likeness (QED) is 0.619. The van der Waals surface area contributed by atoms with E-state index in [9.17, 15) is 4.79 Å². The Kier molecular flexibility index (Phi) is 6.16. The van der Waals surface area contributed by atoms with Crippen LogP contribution in [0.25, 0.3) is 0 Å². The van der Waals surface area contributed by atoms with E-state index in [-0.39, 0.29) is 5.91 Å². The third-order valence-corrected chi connectivity index (χ3v) is 5.12. The smallest absolute Gasteiger partial charge is 0.256 e. The van der Waals surface area contributed by atoms with Crippen LogP contribution >= 0.6 is 11.8 Å². The number of amides is 1. The van der Waals surface area contributed by atoms with E-state index in [1.54, 1.807) is 12.1 Å². The van der Waals surface area contributed by atoms with Gasteiger partial charge in [0.25, 0.3) is 5.91 Å². The molecule has 3 rings (SSSR count). The number of carbonyl (C=O) groups excluding carboxylic acids is 1. The normalized spacial score (nSPS) is 10.4. The molecule has 3 aromatic rings. The topological polar surface area (TPSA) is 73.3 Å². The van der Waals surface area contributed by atoms with E-state index in [0.717, 1.165) is 16.1 Å². The lowest BCUT2D eigenvalue weighted by Gasteiger charge is -2.11. The molecule has 1 amide bonds. The van der Waals surface area contributed by atoms with Gasteiger partial charge in [0, 0.05) is 10.6 Å². The van der Waals surface area contributed by atoms with Gasteiger partial charge in [0.05, 0.1) is 25.8 Å². The van der Waals surface area contributed by atoms with Crippen LogP contribution in [0.3, 0.4) is 0 Å². The van der Waals surface area contributed by atoms with Crippen LogP contribution in [0.1, 0.15) is 21.5 Å². The van der Waals surface area contributed by atoms with Crippen molar-refractivity contribution in [3.8, 4) is 11.8 Å². The summed E-state index contributed by atoms with van der Waals surface area (Å²) in [6.45, 7) is 4.05. The lowest BCUT2D eigenvalue weighted by Crippen LogP contribution is -2.13. The number of nitrogens with one attached hydrogen (secondary N) is 1. The van der Waals surface area contributed by atoms with Gasteiger partial charge in [0.1, 0.15) is 0 Å². The van der Waals surface area contributed by atoms with Gasteiger partial charge in [-0.1, -0.05) is 18.2 Å². The Morgan fingerprint density at radius 1 is 0.929 bits per heavy atom. The van der Waals surface area contributed by atoms with E-state index < -0.39 is 0 Å². The molecule has 0 unspecified atom stereocenters. The standard InChI is InChI=1S/C21H21N3O3S/c1-13-9-10-15(11-14(13)2)22-20(25)16-7-5-6-8-17(16)28-21-23-18(26-3)12-19(24-21)27-4/h5-12H,1-4H3,(H,22,25). The molecule has 0 saturated heterocycles. The molecule has 0 saturated carbocycles. The lowest BCUT2D eigenvalue weighted by molar-refractivity contribution is 0.102. The molecule has 0 aliphatic carbocycles. The van der Waals surface area contributed by atoms with E-state index in [1.807, 2.05) is 50.2 Å². The van der Waals surface area contributed by atoms with Gasteiger partial charge in [0.15, 0.2) is 5.16 Å². The molecule has 0 aliphatic heterocycles. The average Bonchev–Trinajstić information content (AvgIpc) is 2.70. The Hall–Kier alpha value is -3.06. The van der Waals surface area contributed by atoms with Gasteiger partial charge in [-0.2, -0.15) is 9.97 Å². The minimum absolute atomic E-state index is 0.193. The highest BCUT2D eigenvalue weighted by atomic mass is 32.2. The van der Waals surface area contributed by atoms with Crippen LogP contribution in [-0.2, 0) is 0 Å². The fourth-order valence-electron chi connectivity index (χ4n) is 2.50. The lowest BCUT2D eigenvalue weighted by atomic mass is 10.1. The molecule has 0 bridgehead atoms. The number of methoxy groups -OCH3 is 2. The summed E-state index contributed by atoms with van der Waals surface area (Å²) in [5.41, 5.74) is 3.60. The molecule has 0 radical (unpaired) electrons. The van der Waals surface area contributed by atoms with Crippen LogP contribution in [0, 0.1) is 13.8 Å². The number of aromatic nitrogens is 2. The molecule has 6 nitrogen and oxygen atoms in total. The molecule has 144 valence electrons. The number of ether oxygens (including phenoxy) is 2. The van der Waals surface area contributed by atoms with Crippen molar-refractivity contribution < 1.29 is 14.3 Å². The van der Waals surface area contributed by atoms with Crippen molar-refractivity contribution in [2.24, 2.45) is 0 Å². The molecule has 0 atom stereocenters. The maximum Gasteiger partial charge on any atom is 0.256 e. The highest BCUT2D eigenvalue weighted by molar-refractivity contribution is 7.99. The van der Waals surface area contributed by atoms with Gasteiger partial charge >= 0.3 is 0 Å². The summed E-state index contributed by atoms with van der Waals surface area (Å²) < 4.78 is 10.4. The van der Waals surface area contributed by atoms with E-state index in [0.29, 0.717) is 22.5 Å². The first-order valence-corrected chi connectivity index (χ1v) is 9.44. The second-order valence-corrected chi connectivity index (χ2v) is 7.10. The first-order valence-electron chi connectivity index (χ1n) is 8.62. The van der Waals surface area contributed by atoms with Gasteiger partial charge < -0.3 is 14.8 Å². The molecular weight excluding hydrogens is 374 g/mol. The van der Waals surface area contributed by atoms with E-state index >= 15 is 0 Å². The highest BCUT2D eigenvalue weighted by Gasteiger charge is 2.15. The zero-order chi connectivity index (χ0) is 20.1. The molecule has 0 aliphatic rings. The van der Waals surface area contributed by atoms with Crippen molar-refractivity contribution in [2.75, 3.05) is 19.5 Å². The number of aryl methyl sites for hydroxylation is 2. The van der Waals surface area contributed by atoms with E-state index in [1.165, 1.54) is 31.5 Å². The SMILES string of the molecule is COc1cc(OC)nc(Sc2ccccc2C(=O)Nc2ccc(C)c(C)c2)n1. The Morgan fingerprint density at radius 3 is 2.25 bits per heavy atom. The molecule has 1 heterocycles. The number of anilines is 1. The van der Waals surface area contributed by atoms with Gasteiger partial charge in [-0.3, -0.25) is 4.79 Å². The monoisotopic (exact) mass is 395 g/mol. The Labute approximate surface area is 168 Å². The number of rotatable bonds is 6. The van der Waals surface area contributed by atoms with Gasteiger partial charge in [-0.05, 0) is 61.0 Å². The summed E-state index contributed by atoms with van der Waals surface area (Å²) in [7, 11) is 3.06. The molecule has 2 aromatic carbocycles. The van der Waals surface area contributed by atoms with Crippen LogP contribution in [0.15, 0.2) is 58.6 Å². The maximum atomic E-state index is 12.9. The fourth-order valence-corrected chi connectivity index (χ4v) is 3.38. The molecule has 28 heavy (non-hydrogen) atoms. The van der Waals surface area contributed by atoms with Crippen LogP contribution in [-0.4, -0.2) is 30.1 Å². The molecule has 0 spiro atoms. The van der Waals surface area contributed by atoms with E-state index in [4.69, 9.17) is 9.47 Å². The summed E-state index contributed by atoms with van der Waals surface area (Å²) >= 11 is 1.27. The Balaban J connectivity index is 1.86. The molecule has 1 aromatic heterocycles. The third-order valence-electron chi connectivity index (χ3n) is 4.17. The third kappa shape index (κ3) is 4.61. The summed E-state index contributed by atoms with van der Waals surface area (Å²) in [4.78, 5) is 22.2. The minimum atomic E-state index is -0.193. The predicted octanol–water partition coefficient (Wildman–Crippen LogP) is 4.51. The van der Waals surface area contributed by atoms with Crippen LogP contribution in [0.2, 0.25) is 0 Å². The Bertz CT molecular complexity index is 986. The van der Waals surface area contributed by atoms with Gasteiger partial charge in [-0.25, -0.2) is 0 Å². The van der Waals surface area contributed by atoms with Crippen LogP contribution in [0.4, 0.5) is 5.69 Å². The fraction of sp³-hybridized carbons (Fsp3) is 0.190. The molecule has 0 fully saturated rings. The van der Waals surface area contributed by atoms with Crippen LogP contribution in [0.5, 0.6) is 11.8 Å². The summed E-state index contributed by atoms with van der Waals surface area (Å²) in [6, 6.07) is 14.8. The molecular formula is C21H21N3O3S. The summed E-state index contributed by atoms with van der Waals surface area (Å²) in [5, 5.41) is 3.39. The van der Waals surface area contributed by atoms with E-state index in [2.05, 4.69) is 15.3 Å². The van der Waals surface area contributed by atoms with Gasteiger partial charge in [0.2, 0.25) is 11.8 Å². The zero-order valence-electron chi connectivity index (χ0n) is 16.1. The van der Waals surface area contributed by atoms with Crippen LogP contribution < -0.4 is 14.8 Å². The number of nitrogens with zero attached hydrogens (tertiary/aromatic N) is 2. The second-order valence-electron chi connectivity index (χ2n) is 6.09. The van der Waals surface area contributed by atoms with Crippen molar-refractivity contribution in [2.45, 2.75) is 23.9 Å². The van der Waals surface area contributed by atoms with Gasteiger partial charge in [-0.15, -0.1) is 0 Å². The molecule has 1 N–H and O–H groups in total. The van der Waals surface area contributed by atoms with Crippen molar-refractivity contribution in [3.63, 3.8) is 0 Å². The van der Waals surface area contributed by atoms with Crippen molar-refractivity contribution in [1.29, 1.82) is 0 Å². The summed E-state index contributed by atoms with van der Waals surface area (Å²) in [5.74, 6) is 0.596. The Morgan fingerprint density at radius 2 is 1.61 bits per heavy atom. The number of benzene rings is 2. The first kappa shape index (κ1) is 19.7. The maximum absolute atomic E-state index is 12.9. The van der Waals surface area contributed by atoms with Crippen molar-refractivity contribution >= 4 is 23.4 Å². The van der Waals surface area contributed by atoms with Crippen molar-refractivity contribution in [3.05, 3.63) is 65.2 Å². The molecule has 7 heteroatoms. The predicted molar refractivity (Wildman–Crippen MR) is 110 cm³/mol. The number of hydrogen-bond acceptors (Lipinski definition) is 6. The van der Waals surface area contributed by atoms with Crippen molar-refractivity contribution in [1.82, 2.24) is 9.97 Å². The highest BCUT2D eigenvalue weighted by Crippen LogP contribution is 2.31.